The van der Waals surface area contributed by atoms with E-state index in [-0.39, 0.29) is 0 Å². The number of phenolic OH excluding ortho intramolecular Hbond substituents is 1. The molecule has 0 radical (unpaired) electrons. The highest BCUT2D eigenvalue weighted by Crippen LogP contribution is 2.35. The smallest absolute Gasteiger partial charge is 0.117 e. The lowest BCUT2D eigenvalue weighted by Crippen LogP contribution is -1.70. The van der Waals surface area contributed by atoms with Crippen LogP contribution in [0.15, 0.2) is 53.0 Å². The highest BCUT2D eigenvalue weighted by molar-refractivity contribution is 9.10. The lowest BCUT2D eigenvalue weighted by Gasteiger charge is -1.96. The van der Waals surface area contributed by atoms with Crippen molar-refractivity contribution in [3.05, 3.63) is 53.0 Å². The summed E-state index contributed by atoms with van der Waals surface area (Å²) in [7, 11) is 0. The van der Waals surface area contributed by atoms with Crippen LogP contribution in [0.2, 0.25) is 0 Å². The first kappa shape index (κ1) is 10.8. The minimum absolute atomic E-state index is 0.321. The van der Waals surface area contributed by atoms with Gasteiger partial charge in [-0.3, -0.25) is 0 Å². The summed E-state index contributed by atoms with van der Waals surface area (Å²) in [5, 5.41) is 10.6. The number of fused-ring (bicyclic) bond motifs is 1. The fourth-order valence-electron chi connectivity index (χ4n) is 1.78. The number of phenols is 1. The molecule has 84 valence electrons. The SMILES string of the molecule is Oc1ccc2cc(-c3ccc(Br)cc3)sc2c1. The van der Waals surface area contributed by atoms with Gasteiger partial charge in [0.25, 0.3) is 0 Å². The molecule has 3 aromatic rings. The van der Waals surface area contributed by atoms with E-state index < -0.39 is 0 Å². The largest absolute Gasteiger partial charge is 0.508 e. The number of halogens is 1. The fraction of sp³-hybridized carbons (Fsp3) is 0. The highest BCUT2D eigenvalue weighted by Gasteiger charge is 2.04. The van der Waals surface area contributed by atoms with Crippen molar-refractivity contribution in [1.82, 2.24) is 0 Å². The van der Waals surface area contributed by atoms with E-state index in [2.05, 4.69) is 34.1 Å². The average Bonchev–Trinajstić information content (AvgIpc) is 2.72. The monoisotopic (exact) mass is 304 g/mol. The van der Waals surface area contributed by atoms with Gasteiger partial charge in [-0.25, -0.2) is 0 Å². The van der Waals surface area contributed by atoms with E-state index >= 15 is 0 Å². The van der Waals surface area contributed by atoms with E-state index in [4.69, 9.17) is 0 Å². The minimum atomic E-state index is 0.321. The Hall–Kier alpha value is -1.32. The molecule has 0 bridgehead atoms. The third kappa shape index (κ3) is 2.08. The van der Waals surface area contributed by atoms with Crippen molar-refractivity contribution < 1.29 is 5.11 Å². The molecule has 1 aromatic heterocycles. The Morgan fingerprint density at radius 3 is 2.47 bits per heavy atom. The Morgan fingerprint density at radius 2 is 1.71 bits per heavy atom. The van der Waals surface area contributed by atoms with Gasteiger partial charge < -0.3 is 5.11 Å². The summed E-state index contributed by atoms with van der Waals surface area (Å²) in [5.41, 5.74) is 1.20. The molecule has 0 atom stereocenters. The standard InChI is InChI=1S/C14H9BrOS/c15-11-4-1-9(2-5-11)13-7-10-3-6-12(16)8-14(10)17-13/h1-8,16H. The molecule has 3 rings (SSSR count). The van der Waals surface area contributed by atoms with Gasteiger partial charge in [-0.15, -0.1) is 11.3 Å². The summed E-state index contributed by atoms with van der Waals surface area (Å²) < 4.78 is 2.20. The summed E-state index contributed by atoms with van der Waals surface area (Å²) in [6, 6.07) is 15.9. The minimum Gasteiger partial charge on any atom is -0.508 e. The molecule has 0 aliphatic heterocycles. The predicted molar refractivity (Wildman–Crippen MR) is 76.6 cm³/mol. The molecule has 0 spiro atoms. The maximum atomic E-state index is 9.45. The molecule has 2 aromatic carbocycles. The van der Waals surface area contributed by atoms with E-state index in [0.29, 0.717) is 5.75 Å². The quantitative estimate of drug-likeness (QED) is 0.668. The van der Waals surface area contributed by atoms with E-state index in [1.54, 1.807) is 17.4 Å². The number of hydrogen-bond acceptors (Lipinski definition) is 2. The first-order valence-electron chi connectivity index (χ1n) is 5.21. The molecule has 1 heterocycles. The van der Waals surface area contributed by atoms with Crippen molar-refractivity contribution in [2.45, 2.75) is 0 Å². The number of thiophene rings is 1. The third-order valence-electron chi connectivity index (χ3n) is 2.63. The molecule has 0 aliphatic carbocycles. The maximum absolute atomic E-state index is 9.45. The van der Waals surface area contributed by atoms with Gasteiger partial charge in [0.2, 0.25) is 0 Å². The van der Waals surface area contributed by atoms with Gasteiger partial charge in [-0.2, -0.15) is 0 Å². The Kier molecular flexibility index (Phi) is 2.65. The van der Waals surface area contributed by atoms with Crippen molar-refractivity contribution in [2.75, 3.05) is 0 Å². The van der Waals surface area contributed by atoms with Crippen molar-refractivity contribution in [3.63, 3.8) is 0 Å². The third-order valence-corrected chi connectivity index (χ3v) is 4.31. The van der Waals surface area contributed by atoms with Crippen LogP contribution in [0, 0.1) is 0 Å². The summed E-state index contributed by atoms with van der Waals surface area (Å²) in [5.74, 6) is 0.321. The van der Waals surface area contributed by atoms with Gasteiger partial charge in [-0.1, -0.05) is 28.1 Å². The molecule has 17 heavy (non-hydrogen) atoms. The van der Waals surface area contributed by atoms with Crippen molar-refractivity contribution in [3.8, 4) is 16.2 Å². The Bertz CT molecular complexity index is 670. The number of benzene rings is 2. The molecule has 0 fully saturated rings. The van der Waals surface area contributed by atoms with Gasteiger partial charge in [0.1, 0.15) is 5.75 Å². The van der Waals surface area contributed by atoms with E-state index in [1.165, 1.54) is 15.8 Å². The fourth-order valence-corrected chi connectivity index (χ4v) is 3.14. The van der Waals surface area contributed by atoms with Gasteiger partial charge in [0.05, 0.1) is 0 Å². The zero-order valence-corrected chi connectivity index (χ0v) is 11.3. The van der Waals surface area contributed by atoms with Crippen LogP contribution in [0.1, 0.15) is 0 Å². The van der Waals surface area contributed by atoms with E-state index in [9.17, 15) is 5.11 Å². The number of aromatic hydroxyl groups is 1. The van der Waals surface area contributed by atoms with Crippen molar-refractivity contribution >= 4 is 37.4 Å². The molecule has 0 saturated carbocycles. The second-order valence-corrected chi connectivity index (χ2v) is 5.84. The van der Waals surface area contributed by atoms with Crippen LogP contribution in [0.5, 0.6) is 5.75 Å². The van der Waals surface area contributed by atoms with Crippen LogP contribution in [0.25, 0.3) is 20.5 Å². The van der Waals surface area contributed by atoms with Crippen LogP contribution >= 0.6 is 27.3 Å². The van der Waals surface area contributed by atoms with Gasteiger partial charge in [0.15, 0.2) is 0 Å². The van der Waals surface area contributed by atoms with Crippen LogP contribution in [0.4, 0.5) is 0 Å². The van der Waals surface area contributed by atoms with Crippen molar-refractivity contribution in [1.29, 1.82) is 0 Å². The second-order valence-electron chi connectivity index (χ2n) is 3.84. The molecule has 1 N–H and O–H groups in total. The topological polar surface area (TPSA) is 20.2 Å². The molecule has 3 heteroatoms. The molecule has 0 aliphatic rings. The zero-order chi connectivity index (χ0) is 11.8. The van der Waals surface area contributed by atoms with Crippen LogP contribution < -0.4 is 0 Å². The molecule has 0 saturated heterocycles. The van der Waals surface area contributed by atoms with E-state index in [0.717, 1.165) is 9.17 Å². The molecule has 0 amide bonds. The average molecular weight is 305 g/mol. The predicted octanol–water partition coefficient (Wildman–Crippen LogP) is 5.04. The molecular formula is C14H9BrOS. The number of rotatable bonds is 1. The maximum Gasteiger partial charge on any atom is 0.117 e. The van der Waals surface area contributed by atoms with Gasteiger partial charge >= 0.3 is 0 Å². The normalized spacial score (nSPS) is 10.9. The lowest BCUT2D eigenvalue weighted by atomic mass is 10.1. The van der Waals surface area contributed by atoms with Crippen LogP contribution in [-0.2, 0) is 0 Å². The van der Waals surface area contributed by atoms with Crippen LogP contribution in [-0.4, -0.2) is 5.11 Å². The first-order valence-corrected chi connectivity index (χ1v) is 6.82. The molecule has 0 unspecified atom stereocenters. The Labute approximate surface area is 111 Å². The Balaban J connectivity index is 2.14. The Morgan fingerprint density at radius 1 is 0.941 bits per heavy atom. The van der Waals surface area contributed by atoms with Crippen molar-refractivity contribution in [2.24, 2.45) is 0 Å². The first-order chi connectivity index (χ1) is 8.22. The number of hydrogen-bond donors (Lipinski definition) is 1. The summed E-state index contributed by atoms with van der Waals surface area (Å²) in [6.07, 6.45) is 0. The van der Waals surface area contributed by atoms with Crippen LogP contribution in [0.3, 0.4) is 0 Å². The summed E-state index contributed by atoms with van der Waals surface area (Å²) in [6.45, 7) is 0. The highest BCUT2D eigenvalue weighted by atomic mass is 79.9. The van der Waals surface area contributed by atoms with Gasteiger partial charge in [0, 0.05) is 14.0 Å². The summed E-state index contributed by atoms with van der Waals surface area (Å²) in [4.78, 5) is 1.22. The molecular weight excluding hydrogens is 296 g/mol. The van der Waals surface area contributed by atoms with Gasteiger partial charge in [-0.05, 0) is 47.3 Å². The second kappa shape index (κ2) is 4.17. The lowest BCUT2D eigenvalue weighted by molar-refractivity contribution is 0.476. The molecule has 1 nitrogen and oxygen atoms in total. The summed E-state index contributed by atoms with van der Waals surface area (Å²) >= 11 is 5.13. The van der Waals surface area contributed by atoms with E-state index in [1.807, 2.05) is 24.3 Å². The zero-order valence-electron chi connectivity index (χ0n) is 8.85.